The molecule has 0 fully saturated rings. The third-order valence-electron chi connectivity index (χ3n) is 19.2. The zero-order chi connectivity index (χ0) is 59.1. The molecular formula is C84H64BN3. The van der Waals surface area contributed by atoms with E-state index in [-0.39, 0.29) is 17.5 Å². The number of nitrogens with zero attached hydrogens (tertiary/aromatic N) is 3. The Labute approximate surface area is 516 Å². The molecule has 418 valence electrons. The lowest BCUT2D eigenvalue weighted by atomic mass is 9.33. The first kappa shape index (κ1) is 52.8. The highest BCUT2D eigenvalue weighted by Crippen LogP contribution is 2.49. The van der Waals surface area contributed by atoms with Crippen molar-refractivity contribution >= 4 is 79.0 Å². The highest BCUT2D eigenvalue weighted by Gasteiger charge is 2.45. The minimum atomic E-state index is -0.300. The van der Waals surface area contributed by atoms with Crippen LogP contribution in [0.4, 0.5) is 34.1 Å². The van der Waals surface area contributed by atoms with Crippen LogP contribution in [-0.2, 0) is 10.8 Å². The van der Waals surface area contributed by atoms with Gasteiger partial charge in [-0.25, -0.2) is 0 Å². The first-order valence-corrected chi connectivity index (χ1v) is 30.8. The van der Waals surface area contributed by atoms with Crippen LogP contribution in [0.15, 0.2) is 315 Å². The maximum atomic E-state index is 2.59. The molecule has 0 unspecified atom stereocenters. The molecule has 0 saturated carbocycles. The minimum absolute atomic E-state index is 0.147. The van der Waals surface area contributed by atoms with Gasteiger partial charge < -0.3 is 14.4 Å². The summed E-state index contributed by atoms with van der Waals surface area (Å²) in [6, 6.07) is 118. The molecule has 3 nitrogen and oxygen atoms in total. The molecule has 1 aromatic heterocycles. The molecule has 0 radical (unpaired) electrons. The number of anilines is 6. The Bertz CT molecular complexity index is 4830. The molecule has 4 heteroatoms. The average Bonchev–Trinajstić information content (AvgIpc) is 0.807. The molecule has 0 atom stereocenters. The lowest BCUT2D eigenvalue weighted by molar-refractivity contribution is 0.641. The summed E-state index contributed by atoms with van der Waals surface area (Å²) >= 11 is 0. The van der Waals surface area contributed by atoms with Crippen molar-refractivity contribution in [2.24, 2.45) is 0 Å². The SMILES string of the molecule is CC(C)(c1ccccc1)c1ccc(N2c3ccc(C(C)(C)c4ccccc4)cc3B3c4cc(-c5ccccc5)ccc4N(c4ccc(-c5ccccc5)cc4)c4cc(-n5c6ccc(-c7ccccc7)cc6c6cc(-c7ccccc7)ccc65)cc2c43)cc1. The maximum Gasteiger partial charge on any atom is 0.252 e. The summed E-state index contributed by atoms with van der Waals surface area (Å²) in [6.45, 7) is 9.29. The fraction of sp³-hybridized carbons (Fsp3) is 0.0714. The Balaban J connectivity index is 1.01. The number of rotatable bonds is 11. The van der Waals surface area contributed by atoms with E-state index >= 15 is 0 Å². The Kier molecular flexibility index (Phi) is 12.7. The van der Waals surface area contributed by atoms with Gasteiger partial charge in [-0.15, -0.1) is 0 Å². The van der Waals surface area contributed by atoms with Crippen LogP contribution < -0.4 is 26.2 Å². The van der Waals surface area contributed by atoms with Crippen LogP contribution in [0, 0.1) is 0 Å². The highest BCUT2D eigenvalue weighted by molar-refractivity contribution is 7.00. The molecule has 13 aromatic carbocycles. The van der Waals surface area contributed by atoms with E-state index in [2.05, 4.69) is 358 Å². The van der Waals surface area contributed by atoms with Gasteiger partial charge in [0.15, 0.2) is 0 Å². The second-order valence-electron chi connectivity index (χ2n) is 24.9. The number of hydrogen-bond acceptors (Lipinski definition) is 2. The fourth-order valence-corrected chi connectivity index (χ4v) is 14.3. The molecule has 0 spiro atoms. The quantitative estimate of drug-likeness (QED) is 0.120. The Hall–Kier alpha value is -10.7. The summed E-state index contributed by atoms with van der Waals surface area (Å²) in [5.41, 5.74) is 28.1. The molecule has 0 N–H and O–H groups in total. The summed E-state index contributed by atoms with van der Waals surface area (Å²) in [7, 11) is 0. The van der Waals surface area contributed by atoms with Crippen molar-refractivity contribution in [3.8, 4) is 50.2 Å². The van der Waals surface area contributed by atoms with E-state index in [1.807, 2.05) is 0 Å². The van der Waals surface area contributed by atoms with Crippen LogP contribution in [-0.4, -0.2) is 11.3 Å². The summed E-state index contributed by atoms with van der Waals surface area (Å²) in [4.78, 5) is 5.16. The van der Waals surface area contributed by atoms with Crippen molar-refractivity contribution in [2.75, 3.05) is 9.80 Å². The highest BCUT2D eigenvalue weighted by atomic mass is 15.2. The molecule has 0 saturated heterocycles. The van der Waals surface area contributed by atoms with E-state index in [0.29, 0.717) is 0 Å². The van der Waals surface area contributed by atoms with E-state index in [4.69, 9.17) is 0 Å². The van der Waals surface area contributed by atoms with Crippen LogP contribution in [0.1, 0.15) is 49.9 Å². The van der Waals surface area contributed by atoms with E-state index in [1.165, 1.54) is 99.6 Å². The number of fused-ring (bicyclic) bond motifs is 7. The van der Waals surface area contributed by atoms with Crippen LogP contribution in [0.25, 0.3) is 72.0 Å². The van der Waals surface area contributed by atoms with E-state index in [1.54, 1.807) is 0 Å². The Morgan fingerprint density at radius 3 is 1.05 bits per heavy atom. The van der Waals surface area contributed by atoms with Gasteiger partial charge in [0.2, 0.25) is 0 Å². The molecule has 3 heterocycles. The van der Waals surface area contributed by atoms with Gasteiger partial charge in [-0.05, 0) is 156 Å². The number of hydrogen-bond donors (Lipinski definition) is 0. The van der Waals surface area contributed by atoms with Crippen molar-refractivity contribution in [1.29, 1.82) is 0 Å². The van der Waals surface area contributed by atoms with Crippen molar-refractivity contribution < 1.29 is 0 Å². The van der Waals surface area contributed by atoms with Crippen LogP contribution in [0.2, 0.25) is 0 Å². The topological polar surface area (TPSA) is 11.4 Å². The monoisotopic (exact) mass is 1130 g/mol. The lowest BCUT2D eigenvalue weighted by Crippen LogP contribution is -2.61. The second kappa shape index (κ2) is 21.1. The minimum Gasteiger partial charge on any atom is -0.311 e. The largest absolute Gasteiger partial charge is 0.311 e. The van der Waals surface area contributed by atoms with Crippen molar-refractivity contribution in [3.05, 3.63) is 338 Å². The third kappa shape index (κ3) is 8.81. The van der Waals surface area contributed by atoms with Crippen molar-refractivity contribution in [3.63, 3.8) is 0 Å². The zero-order valence-corrected chi connectivity index (χ0v) is 49.9. The van der Waals surface area contributed by atoms with E-state index in [0.717, 1.165) is 45.2 Å². The van der Waals surface area contributed by atoms with Gasteiger partial charge >= 0.3 is 0 Å². The molecule has 2 aliphatic rings. The third-order valence-corrected chi connectivity index (χ3v) is 19.2. The predicted molar refractivity (Wildman–Crippen MR) is 374 cm³/mol. The molecule has 0 amide bonds. The standard InChI is InChI=1S/C84H64BN3/c1-83(2,65-31-19-9-20-32-65)67-40-45-70(46-41-67)87-79-50-42-68(84(3,4)66-33-21-10-22-34-66)54-75(79)85-74-53-64(60-29-17-8-18-30-60)39-49-78(74)86(69-43-35-61(36-44-69)57-23-11-5-12-24-57)80-55-71(56-81(87)82(80)85)88-76-47-37-62(58-25-13-6-14-26-58)51-72(76)73-52-63(38-48-77(73)88)59-27-15-7-16-28-59/h5-56H,1-4H3. The van der Waals surface area contributed by atoms with Gasteiger partial charge in [-0.2, -0.15) is 0 Å². The summed E-state index contributed by atoms with van der Waals surface area (Å²) in [5, 5.41) is 2.41. The molecule has 0 bridgehead atoms. The van der Waals surface area contributed by atoms with Gasteiger partial charge in [0, 0.05) is 55.7 Å². The molecule has 88 heavy (non-hydrogen) atoms. The summed E-state index contributed by atoms with van der Waals surface area (Å²) < 4.78 is 2.54. The van der Waals surface area contributed by atoms with Crippen molar-refractivity contribution in [1.82, 2.24) is 4.57 Å². The van der Waals surface area contributed by atoms with Gasteiger partial charge in [-0.1, -0.05) is 270 Å². The molecule has 16 rings (SSSR count). The molecule has 0 aliphatic carbocycles. The first-order valence-electron chi connectivity index (χ1n) is 30.8. The summed E-state index contributed by atoms with van der Waals surface area (Å²) in [6.07, 6.45) is 0. The van der Waals surface area contributed by atoms with Crippen LogP contribution in [0.3, 0.4) is 0 Å². The van der Waals surface area contributed by atoms with Gasteiger partial charge in [-0.3, -0.25) is 0 Å². The van der Waals surface area contributed by atoms with Crippen molar-refractivity contribution in [2.45, 2.75) is 38.5 Å². The molecular weight excluding hydrogens is 1060 g/mol. The summed E-state index contributed by atoms with van der Waals surface area (Å²) in [5.74, 6) is 0. The maximum absolute atomic E-state index is 2.59. The molecule has 14 aromatic rings. The second-order valence-corrected chi connectivity index (χ2v) is 24.9. The number of aromatic nitrogens is 1. The lowest BCUT2D eigenvalue weighted by Gasteiger charge is -2.45. The first-order chi connectivity index (χ1) is 43.2. The van der Waals surface area contributed by atoms with Crippen LogP contribution >= 0.6 is 0 Å². The number of benzene rings is 13. The van der Waals surface area contributed by atoms with Gasteiger partial charge in [0.25, 0.3) is 6.71 Å². The molecule has 2 aliphatic heterocycles. The predicted octanol–water partition coefficient (Wildman–Crippen LogP) is 20.2. The van der Waals surface area contributed by atoms with E-state index < -0.39 is 0 Å². The Morgan fingerprint density at radius 2 is 0.580 bits per heavy atom. The Morgan fingerprint density at radius 1 is 0.250 bits per heavy atom. The average molecular weight is 1130 g/mol. The zero-order valence-electron chi connectivity index (χ0n) is 49.9. The van der Waals surface area contributed by atoms with Gasteiger partial charge in [0.1, 0.15) is 0 Å². The normalized spacial score (nSPS) is 12.7. The van der Waals surface area contributed by atoms with Gasteiger partial charge in [0.05, 0.1) is 16.7 Å². The van der Waals surface area contributed by atoms with E-state index in [9.17, 15) is 0 Å². The van der Waals surface area contributed by atoms with Crippen LogP contribution in [0.5, 0.6) is 0 Å². The fourth-order valence-electron chi connectivity index (χ4n) is 14.3. The smallest absolute Gasteiger partial charge is 0.252 e.